The van der Waals surface area contributed by atoms with E-state index in [1.54, 1.807) is 36.4 Å². The van der Waals surface area contributed by atoms with Crippen molar-refractivity contribution in [3.8, 4) is 0 Å². The third kappa shape index (κ3) is 4.11. The lowest BCUT2D eigenvalue weighted by Crippen LogP contribution is -2.30. The second-order valence-electron chi connectivity index (χ2n) is 6.45. The molecule has 0 saturated carbocycles. The molecule has 0 atom stereocenters. The van der Waals surface area contributed by atoms with E-state index in [4.69, 9.17) is 11.6 Å². The lowest BCUT2D eigenvalue weighted by molar-refractivity contribution is -0.137. The molecule has 0 radical (unpaired) electrons. The second kappa shape index (κ2) is 8.23. The minimum absolute atomic E-state index is 0.0773. The van der Waals surface area contributed by atoms with Gasteiger partial charge in [0, 0.05) is 9.92 Å². The number of nitrogens with zero attached hydrogens (tertiary/aromatic N) is 1. The highest BCUT2D eigenvalue weighted by Gasteiger charge is 2.39. The van der Waals surface area contributed by atoms with Crippen LogP contribution in [-0.2, 0) is 16.1 Å². The predicted molar refractivity (Wildman–Crippen MR) is 113 cm³/mol. The molecule has 144 valence electrons. The molecular weight excluding hydrogens is 409 g/mol. The van der Waals surface area contributed by atoms with Crippen LogP contribution in [0, 0.1) is 5.82 Å². The summed E-state index contributed by atoms with van der Waals surface area (Å²) in [5.41, 5.74) is 1.66. The van der Waals surface area contributed by atoms with Gasteiger partial charge in [-0.05, 0) is 47.5 Å². The van der Waals surface area contributed by atoms with Gasteiger partial charge in [-0.1, -0.05) is 65.8 Å². The number of carbonyl (C=O) groups is 2. The Kier molecular flexibility index (Phi) is 5.51. The monoisotopic (exact) mass is 423 g/mol. The van der Waals surface area contributed by atoms with Crippen molar-refractivity contribution in [2.24, 2.45) is 0 Å². The Balaban J connectivity index is 1.72. The van der Waals surface area contributed by atoms with Gasteiger partial charge in [-0.3, -0.25) is 14.5 Å². The number of rotatable bonds is 5. The summed E-state index contributed by atoms with van der Waals surface area (Å²) >= 11 is 7.25. The number of imide groups is 1. The van der Waals surface area contributed by atoms with Crippen molar-refractivity contribution in [3.63, 3.8) is 0 Å². The van der Waals surface area contributed by atoms with E-state index < -0.39 is 0 Å². The molecule has 1 heterocycles. The summed E-state index contributed by atoms with van der Waals surface area (Å²) in [6.07, 6.45) is 0. The minimum Gasteiger partial charge on any atom is -0.269 e. The van der Waals surface area contributed by atoms with Crippen molar-refractivity contribution < 1.29 is 14.0 Å². The first kappa shape index (κ1) is 19.4. The van der Waals surface area contributed by atoms with Crippen LogP contribution >= 0.6 is 23.4 Å². The highest BCUT2D eigenvalue weighted by Crippen LogP contribution is 2.40. The highest BCUT2D eigenvalue weighted by molar-refractivity contribution is 8.04. The number of benzene rings is 3. The van der Waals surface area contributed by atoms with E-state index in [1.165, 1.54) is 28.8 Å². The average molecular weight is 424 g/mol. The average Bonchev–Trinajstić information content (AvgIpc) is 2.95. The van der Waals surface area contributed by atoms with E-state index in [0.717, 1.165) is 4.90 Å². The molecule has 0 saturated heterocycles. The number of thioether (sulfide) groups is 1. The molecule has 1 aliphatic heterocycles. The largest absolute Gasteiger partial charge is 0.269 e. The molecule has 6 heteroatoms. The molecule has 0 unspecified atom stereocenters. The first-order chi connectivity index (χ1) is 14.0. The van der Waals surface area contributed by atoms with Gasteiger partial charge >= 0.3 is 0 Å². The molecule has 0 aliphatic carbocycles. The van der Waals surface area contributed by atoms with E-state index in [1.807, 2.05) is 30.3 Å². The van der Waals surface area contributed by atoms with Crippen LogP contribution in [0.3, 0.4) is 0 Å². The minimum atomic E-state index is -0.375. The van der Waals surface area contributed by atoms with E-state index in [9.17, 15) is 14.0 Å². The van der Waals surface area contributed by atoms with Crippen LogP contribution in [0.4, 0.5) is 4.39 Å². The fraction of sp³-hybridized carbons (Fsp3) is 0.0435. The Hall–Kier alpha value is -2.89. The maximum absolute atomic E-state index is 13.2. The van der Waals surface area contributed by atoms with Gasteiger partial charge in [0.05, 0.1) is 17.0 Å². The molecule has 29 heavy (non-hydrogen) atoms. The van der Waals surface area contributed by atoms with Crippen LogP contribution in [0.15, 0.2) is 88.7 Å². The zero-order chi connectivity index (χ0) is 20.4. The normalized spacial score (nSPS) is 14.1. The van der Waals surface area contributed by atoms with E-state index >= 15 is 0 Å². The van der Waals surface area contributed by atoms with Crippen LogP contribution in [0.25, 0.3) is 5.57 Å². The maximum atomic E-state index is 13.2. The van der Waals surface area contributed by atoms with Gasteiger partial charge in [0.1, 0.15) is 5.82 Å². The summed E-state index contributed by atoms with van der Waals surface area (Å²) in [4.78, 5) is 28.8. The Morgan fingerprint density at radius 1 is 0.828 bits per heavy atom. The van der Waals surface area contributed by atoms with Crippen molar-refractivity contribution >= 4 is 40.8 Å². The van der Waals surface area contributed by atoms with Gasteiger partial charge in [0.25, 0.3) is 11.8 Å². The summed E-state index contributed by atoms with van der Waals surface area (Å²) in [6, 6.07) is 22.0. The maximum Gasteiger partial charge on any atom is 0.268 e. The topological polar surface area (TPSA) is 37.4 Å². The summed E-state index contributed by atoms with van der Waals surface area (Å²) in [6.45, 7) is 0.0773. The van der Waals surface area contributed by atoms with Crippen LogP contribution in [0.2, 0.25) is 5.02 Å². The molecule has 3 aromatic carbocycles. The number of halogens is 2. The van der Waals surface area contributed by atoms with Gasteiger partial charge in [0.15, 0.2) is 0 Å². The van der Waals surface area contributed by atoms with Gasteiger partial charge < -0.3 is 0 Å². The quantitative estimate of drug-likeness (QED) is 0.505. The fourth-order valence-electron chi connectivity index (χ4n) is 3.04. The van der Waals surface area contributed by atoms with E-state index in [0.29, 0.717) is 26.6 Å². The first-order valence-electron chi connectivity index (χ1n) is 8.86. The Bertz CT molecular complexity index is 1100. The fourth-order valence-corrected chi connectivity index (χ4v) is 4.20. The van der Waals surface area contributed by atoms with Gasteiger partial charge in [0.2, 0.25) is 0 Å². The third-order valence-corrected chi connectivity index (χ3v) is 5.82. The summed E-state index contributed by atoms with van der Waals surface area (Å²) in [5, 5.41) is 0.548. The smallest absolute Gasteiger partial charge is 0.268 e. The summed E-state index contributed by atoms with van der Waals surface area (Å²) in [5.74, 6) is -1.11. The predicted octanol–water partition coefficient (Wildman–Crippen LogP) is 5.55. The zero-order valence-electron chi connectivity index (χ0n) is 15.1. The molecule has 1 aliphatic rings. The number of hydrogen-bond donors (Lipinski definition) is 0. The standard InChI is InChI=1S/C23H15ClFNO2S/c24-17-10-8-16(9-11-17)20-21(29-19-4-2-1-3-5-19)23(28)26(22(20)27)14-15-6-12-18(25)13-7-15/h1-13H,14H2. The number of amides is 2. The summed E-state index contributed by atoms with van der Waals surface area (Å²) < 4.78 is 13.2. The zero-order valence-corrected chi connectivity index (χ0v) is 16.7. The molecule has 0 aromatic heterocycles. The highest BCUT2D eigenvalue weighted by atomic mass is 35.5. The molecule has 3 nitrogen and oxygen atoms in total. The van der Waals surface area contributed by atoms with Crippen LogP contribution < -0.4 is 0 Å². The van der Waals surface area contributed by atoms with Crippen molar-refractivity contribution in [1.82, 2.24) is 4.90 Å². The van der Waals surface area contributed by atoms with Crippen LogP contribution in [0.1, 0.15) is 11.1 Å². The lowest BCUT2D eigenvalue weighted by Gasteiger charge is -2.15. The molecule has 2 amide bonds. The van der Waals surface area contributed by atoms with Crippen LogP contribution in [0.5, 0.6) is 0 Å². The Labute approximate surface area is 176 Å². The first-order valence-corrected chi connectivity index (χ1v) is 10.1. The third-order valence-electron chi connectivity index (χ3n) is 4.48. The molecule has 0 fully saturated rings. The van der Waals surface area contributed by atoms with Crippen LogP contribution in [-0.4, -0.2) is 16.7 Å². The Morgan fingerprint density at radius 3 is 2.14 bits per heavy atom. The van der Waals surface area contributed by atoms with E-state index in [-0.39, 0.29) is 24.2 Å². The van der Waals surface area contributed by atoms with Gasteiger partial charge in [-0.15, -0.1) is 0 Å². The lowest BCUT2D eigenvalue weighted by atomic mass is 10.1. The van der Waals surface area contributed by atoms with Crippen molar-refractivity contribution in [2.75, 3.05) is 0 Å². The Morgan fingerprint density at radius 2 is 1.48 bits per heavy atom. The summed E-state index contributed by atoms with van der Waals surface area (Å²) in [7, 11) is 0. The molecule has 0 spiro atoms. The molecule has 0 N–H and O–H groups in total. The molecule has 4 rings (SSSR count). The number of hydrogen-bond acceptors (Lipinski definition) is 3. The van der Waals surface area contributed by atoms with E-state index in [2.05, 4.69) is 0 Å². The SMILES string of the molecule is O=C1C(Sc2ccccc2)=C(c2ccc(Cl)cc2)C(=O)N1Cc1ccc(F)cc1. The van der Waals surface area contributed by atoms with Crippen molar-refractivity contribution in [1.29, 1.82) is 0 Å². The van der Waals surface area contributed by atoms with Crippen molar-refractivity contribution in [3.05, 3.63) is 106 Å². The van der Waals surface area contributed by atoms with Crippen molar-refractivity contribution in [2.45, 2.75) is 11.4 Å². The van der Waals surface area contributed by atoms with Gasteiger partial charge in [-0.2, -0.15) is 0 Å². The number of carbonyl (C=O) groups excluding carboxylic acids is 2. The van der Waals surface area contributed by atoms with Gasteiger partial charge in [-0.25, -0.2) is 4.39 Å². The molecular formula is C23H15ClFNO2S. The molecule has 3 aromatic rings. The molecule has 0 bridgehead atoms. The second-order valence-corrected chi connectivity index (χ2v) is 7.97.